The lowest BCUT2D eigenvalue weighted by Gasteiger charge is -2.41. The van der Waals surface area contributed by atoms with E-state index in [0.29, 0.717) is 6.54 Å². The van der Waals surface area contributed by atoms with E-state index in [1.807, 2.05) is 0 Å². The first-order chi connectivity index (χ1) is 7.65. The molecule has 0 aliphatic heterocycles. The number of anilines is 1. The average Bonchev–Trinajstić information content (AvgIpc) is 2.22. The quantitative estimate of drug-likeness (QED) is 0.852. The average molecular weight is 243 g/mol. The Labute approximate surface area is 100.0 Å². The number of benzene rings is 1. The Morgan fingerprint density at radius 3 is 2.69 bits per heavy atom. The lowest BCUT2D eigenvalue weighted by atomic mass is 9.69. The first-order valence-corrected chi connectivity index (χ1v) is 5.92. The standard InChI is InChI=1S/C12H16ClFN2/c13-10-6-9(2-3-11(10)14)16-8-12(7-15)4-1-5-12/h2-3,6,16H,1,4-5,7-8,15H2. The van der Waals surface area contributed by atoms with Crippen LogP contribution in [0.2, 0.25) is 5.02 Å². The third kappa shape index (κ3) is 2.30. The minimum Gasteiger partial charge on any atom is -0.384 e. The number of halogens is 2. The van der Waals surface area contributed by atoms with Gasteiger partial charge in [0.2, 0.25) is 0 Å². The van der Waals surface area contributed by atoms with Gasteiger partial charge >= 0.3 is 0 Å². The van der Waals surface area contributed by atoms with Gasteiger partial charge in [-0.2, -0.15) is 0 Å². The zero-order valence-electron chi connectivity index (χ0n) is 9.10. The predicted molar refractivity (Wildman–Crippen MR) is 65.2 cm³/mol. The normalized spacial score (nSPS) is 17.9. The highest BCUT2D eigenvalue weighted by Gasteiger charge is 2.35. The predicted octanol–water partition coefficient (Wildman–Crippen LogP) is 3.02. The second-order valence-electron chi connectivity index (χ2n) is 4.54. The van der Waals surface area contributed by atoms with Gasteiger partial charge < -0.3 is 11.1 Å². The molecule has 1 aliphatic rings. The molecule has 0 aromatic heterocycles. The molecule has 16 heavy (non-hydrogen) atoms. The molecule has 0 radical (unpaired) electrons. The van der Waals surface area contributed by atoms with Crippen molar-refractivity contribution in [1.82, 2.24) is 0 Å². The lowest BCUT2D eigenvalue weighted by Crippen LogP contribution is -2.42. The van der Waals surface area contributed by atoms with Crippen LogP contribution in [-0.4, -0.2) is 13.1 Å². The molecule has 0 spiro atoms. The highest BCUT2D eigenvalue weighted by atomic mass is 35.5. The van der Waals surface area contributed by atoms with Crippen molar-refractivity contribution in [3.63, 3.8) is 0 Å². The van der Waals surface area contributed by atoms with Crippen LogP contribution in [-0.2, 0) is 0 Å². The summed E-state index contributed by atoms with van der Waals surface area (Å²) in [4.78, 5) is 0. The molecule has 4 heteroatoms. The maximum atomic E-state index is 12.9. The van der Waals surface area contributed by atoms with Gasteiger partial charge in [0.15, 0.2) is 0 Å². The summed E-state index contributed by atoms with van der Waals surface area (Å²) in [5.41, 5.74) is 6.85. The van der Waals surface area contributed by atoms with Gasteiger partial charge in [-0.05, 0) is 43.0 Å². The Hall–Kier alpha value is -0.800. The number of nitrogens with two attached hydrogens (primary N) is 1. The number of hydrogen-bond donors (Lipinski definition) is 2. The maximum absolute atomic E-state index is 12.9. The summed E-state index contributed by atoms with van der Waals surface area (Å²) in [5, 5.41) is 3.43. The van der Waals surface area contributed by atoms with Gasteiger partial charge in [-0.25, -0.2) is 4.39 Å². The summed E-state index contributed by atoms with van der Waals surface area (Å²) < 4.78 is 12.9. The van der Waals surface area contributed by atoms with Gasteiger partial charge in [0.25, 0.3) is 0 Å². The second kappa shape index (κ2) is 4.60. The highest BCUT2D eigenvalue weighted by Crippen LogP contribution is 2.39. The van der Waals surface area contributed by atoms with Gasteiger partial charge in [-0.3, -0.25) is 0 Å². The lowest BCUT2D eigenvalue weighted by molar-refractivity contribution is 0.163. The van der Waals surface area contributed by atoms with E-state index in [1.165, 1.54) is 25.3 Å². The Morgan fingerprint density at radius 2 is 2.19 bits per heavy atom. The first kappa shape index (κ1) is 11.7. The largest absolute Gasteiger partial charge is 0.384 e. The fraction of sp³-hybridized carbons (Fsp3) is 0.500. The molecular weight excluding hydrogens is 227 g/mol. The molecule has 1 aliphatic carbocycles. The van der Waals surface area contributed by atoms with E-state index in [9.17, 15) is 4.39 Å². The van der Waals surface area contributed by atoms with Gasteiger partial charge in [0, 0.05) is 12.2 Å². The van der Waals surface area contributed by atoms with E-state index in [4.69, 9.17) is 17.3 Å². The molecule has 0 atom stereocenters. The Bertz CT molecular complexity index is 372. The van der Waals surface area contributed by atoms with Crippen LogP contribution < -0.4 is 11.1 Å². The van der Waals surface area contributed by atoms with Crippen LogP contribution in [0.1, 0.15) is 19.3 Å². The molecule has 3 N–H and O–H groups in total. The molecule has 0 bridgehead atoms. The van der Waals surface area contributed by atoms with Crippen molar-refractivity contribution >= 4 is 17.3 Å². The minimum atomic E-state index is -0.385. The van der Waals surface area contributed by atoms with Crippen LogP contribution >= 0.6 is 11.6 Å². The molecule has 0 saturated heterocycles. The van der Waals surface area contributed by atoms with E-state index in [1.54, 1.807) is 12.1 Å². The smallest absolute Gasteiger partial charge is 0.141 e. The van der Waals surface area contributed by atoms with Gasteiger partial charge in [-0.1, -0.05) is 18.0 Å². The molecule has 0 unspecified atom stereocenters. The summed E-state index contributed by atoms with van der Waals surface area (Å²) in [5.74, 6) is -0.385. The summed E-state index contributed by atoms with van der Waals surface area (Å²) >= 11 is 5.71. The van der Waals surface area contributed by atoms with Crippen molar-refractivity contribution < 1.29 is 4.39 Å². The maximum Gasteiger partial charge on any atom is 0.141 e. The second-order valence-corrected chi connectivity index (χ2v) is 4.95. The zero-order valence-corrected chi connectivity index (χ0v) is 9.86. The van der Waals surface area contributed by atoms with Crippen LogP contribution in [0.3, 0.4) is 0 Å². The zero-order chi connectivity index (χ0) is 11.6. The molecule has 1 aromatic carbocycles. The number of rotatable bonds is 4. The highest BCUT2D eigenvalue weighted by molar-refractivity contribution is 6.31. The molecule has 88 valence electrons. The van der Waals surface area contributed by atoms with E-state index in [2.05, 4.69) is 5.32 Å². The third-order valence-corrected chi connectivity index (χ3v) is 3.72. The van der Waals surface area contributed by atoms with Crippen molar-refractivity contribution in [2.24, 2.45) is 11.1 Å². The van der Waals surface area contributed by atoms with Crippen LogP contribution in [0, 0.1) is 11.2 Å². The molecule has 1 aromatic rings. The monoisotopic (exact) mass is 242 g/mol. The SMILES string of the molecule is NCC1(CNc2ccc(F)c(Cl)c2)CCC1. The minimum absolute atomic E-state index is 0.153. The van der Waals surface area contributed by atoms with E-state index in [0.717, 1.165) is 12.2 Å². The molecule has 2 nitrogen and oxygen atoms in total. The van der Waals surface area contributed by atoms with Crippen molar-refractivity contribution in [2.45, 2.75) is 19.3 Å². The summed E-state index contributed by atoms with van der Waals surface area (Å²) in [6, 6.07) is 4.68. The summed E-state index contributed by atoms with van der Waals surface area (Å²) in [7, 11) is 0. The Morgan fingerprint density at radius 1 is 1.44 bits per heavy atom. The topological polar surface area (TPSA) is 38.0 Å². The molecular formula is C12H16ClFN2. The number of hydrogen-bond acceptors (Lipinski definition) is 2. The Balaban J connectivity index is 1.96. The Kier molecular flexibility index (Phi) is 3.36. The van der Waals surface area contributed by atoms with Gasteiger partial charge in [0.1, 0.15) is 5.82 Å². The van der Waals surface area contributed by atoms with Crippen molar-refractivity contribution in [3.8, 4) is 0 Å². The number of nitrogens with one attached hydrogen (secondary N) is 1. The van der Waals surface area contributed by atoms with Crippen LogP contribution in [0.25, 0.3) is 0 Å². The van der Waals surface area contributed by atoms with Crippen molar-refractivity contribution in [1.29, 1.82) is 0 Å². The molecule has 1 saturated carbocycles. The summed E-state index contributed by atoms with van der Waals surface area (Å²) in [6.07, 6.45) is 3.60. The van der Waals surface area contributed by atoms with Gasteiger partial charge in [-0.15, -0.1) is 0 Å². The van der Waals surface area contributed by atoms with E-state index < -0.39 is 0 Å². The van der Waals surface area contributed by atoms with Crippen LogP contribution in [0.4, 0.5) is 10.1 Å². The molecule has 0 amide bonds. The van der Waals surface area contributed by atoms with Crippen LogP contribution in [0.15, 0.2) is 18.2 Å². The fourth-order valence-corrected chi connectivity index (χ4v) is 2.21. The van der Waals surface area contributed by atoms with Crippen molar-refractivity contribution in [2.75, 3.05) is 18.4 Å². The van der Waals surface area contributed by atoms with E-state index in [-0.39, 0.29) is 16.3 Å². The third-order valence-electron chi connectivity index (χ3n) is 3.43. The molecule has 2 rings (SSSR count). The first-order valence-electron chi connectivity index (χ1n) is 5.54. The fourth-order valence-electron chi connectivity index (χ4n) is 2.03. The molecule has 0 heterocycles. The van der Waals surface area contributed by atoms with Gasteiger partial charge in [0.05, 0.1) is 5.02 Å². The molecule has 1 fully saturated rings. The van der Waals surface area contributed by atoms with Crippen LogP contribution in [0.5, 0.6) is 0 Å². The summed E-state index contributed by atoms with van der Waals surface area (Å²) in [6.45, 7) is 1.54. The van der Waals surface area contributed by atoms with Crippen molar-refractivity contribution in [3.05, 3.63) is 29.0 Å². The van der Waals surface area contributed by atoms with E-state index >= 15 is 0 Å².